The van der Waals surface area contributed by atoms with Crippen molar-refractivity contribution in [1.82, 2.24) is 9.71 Å². The number of anilines is 2. The van der Waals surface area contributed by atoms with E-state index in [2.05, 4.69) is 4.72 Å². The molecule has 0 fully saturated rings. The molecule has 1 aliphatic heterocycles. The lowest BCUT2D eigenvalue weighted by atomic mass is 10.0. The number of nitrogens with one attached hydrogen (secondary N) is 2. The molecular weight excluding hydrogens is 569 g/mol. The molecule has 200 valence electrons. The van der Waals surface area contributed by atoms with E-state index >= 15 is 0 Å². The fraction of sp³-hybridized carbons (Fsp3) is 0.208. The molecule has 0 unspecified atom stereocenters. The van der Waals surface area contributed by atoms with E-state index in [1.165, 1.54) is 29.5 Å². The Hall–Kier alpha value is -3.01. The van der Waals surface area contributed by atoms with Crippen LogP contribution in [0.3, 0.4) is 0 Å². The number of rotatable bonds is 9. The maximum atomic E-state index is 13.5. The second-order valence-corrected chi connectivity index (χ2v) is 13.3. The first-order valence-electron chi connectivity index (χ1n) is 11.4. The number of aromatic nitrogens is 1. The van der Waals surface area contributed by atoms with Gasteiger partial charge in [-0.1, -0.05) is 18.2 Å². The summed E-state index contributed by atoms with van der Waals surface area (Å²) in [6.07, 6.45) is 0.253. The number of benzene rings is 2. The molecule has 10 nitrogen and oxygen atoms in total. The molecule has 0 radical (unpaired) electrons. The fourth-order valence-corrected chi connectivity index (χ4v) is 7.37. The number of ether oxygens (including phenoxy) is 1. The molecule has 0 spiro atoms. The number of likely N-dealkylation sites (N-methyl/N-ethyl adjacent to an activating group) is 1. The van der Waals surface area contributed by atoms with Crippen molar-refractivity contribution in [1.29, 1.82) is 0 Å². The Morgan fingerprint density at radius 2 is 1.89 bits per heavy atom. The van der Waals surface area contributed by atoms with Gasteiger partial charge >= 0.3 is 10.3 Å². The van der Waals surface area contributed by atoms with Gasteiger partial charge in [-0.15, -0.1) is 22.7 Å². The first kappa shape index (κ1) is 26.6. The maximum Gasteiger partial charge on any atom is 0.357 e. The maximum absolute atomic E-state index is 13.5. The number of fused-ring (bicyclic) bond motifs is 1. The molecule has 4 aromatic rings. The second-order valence-electron chi connectivity index (χ2n) is 8.61. The number of hydrogen-bond donors (Lipinski definition) is 3. The smallest absolute Gasteiger partial charge is 0.357 e. The van der Waals surface area contributed by atoms with Crippen molar-refractivity contribution in [2.75, 3.05) is 29.8 Å². The van der Waals surface area contributed by atoms with E-state index < -0.39 is 26.4 Å². The van der Waals surface area contributed by atoms with Crippen LogP contribution < -0.4 is 19.1 Å². The lowest BCUT2D eigenvalue weighted by Gasteiger charge is -2.28. The van der Waals surface area contributed by atoms with Gasteiger partial charge in [0.2, 0.25) is 10.0 Å². The Labute approximate surface area is 228 Å². The highest BCUT2D eigenvalue weighted by Gasteiger charge is 2.26. The Morgan fingerprint density at radius 1 is 1.11 bits per heavy atom. The zero-order chi connectivity index (χ0) is 26.9. The fourth-order valence-electron chi connectivity index (χ4n) is 4.02. The average Bonchev–Trinajstić information content (AvgIpc) is 3.56. The molecule has 38 heavy (non-hydrogen) atoms. The van der Waals surface area contributed by atoms with Crippen LogP contribution in [0.1, 0.15) is 17.3 Å². The van der Waals surface area contributed by atoms with Crippen molar-refractivity contribution in [3.63, 3.8) is 0 Å². The van der Waals surface area contributed by atoms with Gasteiger partial charge in [-0.05, 0) is 47.7 Å². The predicted octanol–water partition coefficient (Wildman–Crippen LogP) is 4.18. The normalized spacial score (nSPS) is 14.5. The molecule has 0 saturated heterocycles. The molecule has 5 rings (SSSR count). The second kappa shape index (κ2) is 10.6. The summed E-state index contributed by atoms with van der Waals surface area (Å²) in [6.45, 7) is 1.18. The summed E-state index contributed by atoms with van der Waals surface area (Å²) in [5, 5.41) is 4.58. The SMILES string of the molecule is CN1CCOc2cc(S(=O)(=O)N[C@@H](Cc3ccc(NS(=O)(=O)O)cc3)c3csc(-c4cccs4)n3)ccc21. The van der Waals surface area contributed by atoms with Gasteiger partial charge in [0.1, 0.15) is 17.4 Å². The van der Waals surface area contributed by atoms with Gasteiger partial charge in [0, 0.05) is 18.5 Å². The molecule has 2 aromatic carbocycles. The van der Waals surface area contributed by atoms with E-state index in [0.717, 1.165) is 21.1 Å². The number of hydrogen-bond acceptors (Lipinski definition) is 9. The van der Waals surface area contributed by atoms with Crippen LogP contribution in [0.5, 0.6) is 5.75 Å². The minimum Gasteiger partial charge on any atom is -0.490 e. The Bertz CT molecular complexity index is 1640. The topological polar surface area (TPSA) is 138 Å². The van der Waals surface area contributed by atoms with E-state index in [4.69, 9.17) is 14.3 Å². The van der Waals surface area contributed by atoms with Crippen LogP contribution in [0, 0.1) is 0 Å². The van der Waals surface area contributed by atoms with Crippen molar-refractivity contribution in [3.05, 3.63) is 76.6 Å². The van der Waals surface area contributed by atoms with Crippen LogP contribution >= 0.6 is 22.7 Å². The molecule has 14 heteroatoms. The highest BCUT2D eigenvalue weighted by atomic mass is 32.2. The third-order valence-electron chi connectivity index (χ3n) is 5.89. The molecule has 0 amide bonds. The van der Waals surface area contributed by atoms with Gasteiger partial charge in [0.25, 0.3) is 0 Å². The lowest BCUT2D eigenvalue weighted by molar-refractivity contribution is 0.310. The Kier molecular flexibility index (Phi) is 7.44. The Morgan fingerprint density at radius 3 is 2.61 bits per heavy atom. The average molecular weight is 593 g/mol. The number of thiophene rings is 1. The summed E-state index contributed by atoms with van der Waals surface area (Å²) < 4.78 is 68.7. The highest BCUT2D eigenvalue weighted by molar-refractivity contribution is 7.89. The van der Waals surface area contributed by atoms with E-state index in [9.17, 15) is 16.8 Å². The van der Waals surface area contributed by atoms with Crippen LogP contribution in [0.25, 0.3) is 9.88 Å². The minimum absolute atomic E-state index is 0.0814. The summed E-state index contributed by atoms with van der Waals surface area (Å²) in [6, 6.07) is 14.3. The van der Waals surface area contributed by atoms with Crippen molar-refractivity contribution in [2.24, 2.45) is 0 Å². The monoisotopic (exact) mass is 592 g/mol. The first-order chi connectivity index (χ1) is 18.1. The third-order valence-corrected chi connectivity index (χ3v) is 9.75. The number of nitrogens with zero attached hydrogens (tertiary/aromatic N) is 2. The molecular formula is C24H24N4O6S4. The van der Waals surface area contributed by atoms with Gasteiger partial charge in [0.15, 0.2) is 0 Å². The summed E-state index contributed by atoms with van der Waals surface area (Å²) in [4.78, 5) is 7.79. The van der Waals surface area contributed by atoms with E-state index in [1.807, 2.05) is 39.6 Å². The van der Waals surface area contributed by atoms with Crippen LogP contribution in [-0.2, 0) is 26.7 Å². The van der Waals surface area contributed by atoms with Crippen molar-refractivity contribution in [3.8, 4) is 15.6 Å². The van der Waals surface area contributed by atoms with Crippen molar-refractivity contribution < 1.29 is 26.1 Å². The molecule has 1 atom stereocenters. The van der Waals surface area contributed by atoms with Gasteiger partial charge in [-0.25, -0.2) is 18.1 Å². The summed E-state index contributed by atoms with van der Waals surface area (Å²) in [5.74, 6) is 0.508. The Balaban J connectivity index is 1.44. The largest absolute Gasteiger partial charge is 0.490 e. The minimum atomic E-state index is -4.40. The van der Waals surface area contributed by atoms with E-state index in [0.29, 0.717) is 24.6 Å². The van der Waals surface area contributed by atoms with Gasteiger partial charge < -0.3 is 9.64 Å². The zero-order valence-corrected chi connectivity index (χ0v) is 23.3. The van der Waals surface area contributed by atoms with Crippen molar-refractivity contribution in [2.45, 2.75) is 17.4 Å². The summed E-state index contributed by atoms with van der Waals surface area (Å²) in [7, 11) is -6.44. The molecule has 0 bridgehead atoms. The van der Waals surface area contributed by atoms with E-state index in [1.54, 1.807) is 35.6 Å². The first-order valence-corrected chi connectivity index (χ1v) is 16.1. The van der Waals surface area contributed by atoms with Gasteiger partial charge in [-0.3, -0.25) is 9.27 Å². The molecule has 1 aliphatic rings. The predicted molar refractivity (Wildman–Crippen MR) is 149 cm³/mol. The quantitative estimate of drug-likeness (QED) is 0.246. The van der Waals surface area contributed by atoms with Gasteiger partial charge in [0.05, 0.1) is 39.4 Å². The highest BCUT2D eigenvalue weighted by Crippen LogP contribution is 2.34. The standard InChI is InChI=1S/C24H24N4O6S4/c1-28-10-11-34-22-14-18(8-9-21(22)28)37(29,30)27-19(20-15-36-24(25-20)23-3-2-12-35-23)13-16-4-6-17(7-5-16)26-38(31,32)33/h2-9,12,14-15,19,26-27H,10-11,13H2,1H3,(H,31,32,33)/t19-/m0/s1. The molecule has 3 N–H and O–H groups in total. The molecule has 0 saturated carbocycles. The molecule has 2 aromatic heterocycles. The number of sulfonamides is 1. The van der Waals surface area contributed by atoms with E-state index in [-0.39, 0.29) is 17.0 Å². The van der Waals surface area contributed by atoms with Gasteiger partial charge in [-0.2, -0.15) is 8.42 Å². The van der Waals surface area contributed by atoms with Crippen LogP contribution in [0.15, 0.2) is 70.3 Å². The molecule has 3 heterocycles. The van der Waals surface area contributed by atoms with Crippen LogP contribution in [0.4, 0.5) is 11.4 Å². The molecule has 0 aliphatic carbocycles. The lowest BCUT2D eigenvalue weighted by Crippen LogP contribution is -2.31. The zero-order valence-electron chi connectivity index (χ0n) is 20.1. The number of thiazole rings is 1. The van der Waals surface area contributed by atoms with Crippen LogP contribution in [-0.4, -0.2) is 46.6 Å². The van der Waals surface area contributed by atoms with Crippen LogP contribution in [0.2, 0.25) is 0 Å². The third kappa shape index (κ3) is 6.17. The summed E-state index contributed by atoms with van der Waals surface area (Å²) in [5.41, 5.74) is 2.31. The van der Waals surface area contributed by atoms with Crippen molar-refractivity contribution >= 4 is 54.4 Å². The summed E-state index contributed by atoms with van der Waals surface area (Å²) >= 11 is 2.98.